The van der Waals surface area contributed by atoms with Crippen molar-refractivity contribution in [3.8, 4) is 5.69 Å². The highest BCUT2D eigenvalue weighted by Crippen LogP contribution is 2.20. The summed E-state index contributed by atoms with van der Waals surface area (Å²) < 4.78 is 8.28. The molecule has 1 saturated heterocycles. The van der Waals surface area contributed by atoms with E-state index < -0.39 is 12.1 Å². The number of para-hydroxylation sites is 1. The molecule has 0 amide bonds. The first-order valence-corrected chi connectivity index (χ1v) is 7.59. The number of aliphatic hydroxyl groups is 1. The molecule has 0 unspecified atom stereocenters. The van der Waals surface area contributed by atoms with E-state index in [9.17, 15) is 9.90 Å². The maximum absolute atomic E-state index is 11.8. The summed E-state index contributed by atoms with van der Waals surface area (Å²) in [6.07, 6.45) is -0.232. The third-order valence-electron chi connectivity index (χ3n) is 3.81. The van der Waals surface area contributed by atoms with Gasteiger partial charge in [-0.3, -0.25) is 9.69 Å². The Morgan fingerprint density at radius 1 is 1.39 bits per heavy atom. The predicted molar refractivity (Wildman–Crippen MR) is 83.3 cm³/mol. The van der Waals surface area contributed by atoms with Crippen LogP contribution in [0.25, 0.3) is 5.69 Å². The summed E-state index contributed by atoms with van der Waals surface area (Å²) in [7, 11) is 1.34. The second-order valence-corrected chi connectivity index (χ2v) is 5.71. The van der Waals surface area contributed by atoms with E-state index in [1.165, 1.54) is 11.8 Å². The first-order chi connectivity index (χ1) is 11.1. The number of aliphatic hydroxyl groups excluding tert-OH is 1. The van der Waals surface area contributed by atoms with Gasteiger partial charge in [-0.2, -0.15) is 4.68 Å². The molecular weight excluding hydrogens is 318 g/mol. The van der Waals surface area contributed by atoms with Crippen molar-refractivity contribution in [3.63, 3.8) is 0 Å². The number of esters is 1. The first kappa shape index (κ1) is 15.8. The summed E-state index contributed by atoms with van der Waals surface area (Å²) in [5.41, 5.74) is 0.815. The van der Waals surface area contributed by atoms with Crippen molar-refractivity contribution in [1.29, 1.82) is 0 Å². The van der Waals surface area contributed by atoms with Gasteiger partial charge in [0.1, 0.15) is 6.04 Å². The molecule has 0 spiro atoms. The van der Waals surface area contributed by atoms with E-state index in [0.717, 1.165) is 5.69 Å². The number of benzene rings is 1. The van der Waals surface area contributed by atoms with Gasteiger partial charge in [-0.15, -0.1) is 0 Å². The second kappa shape index (κ2) is 6.57. The van der Waals surface area contributed by atoms with E-state index in [-0.39, 0.29) is 12.6 Å². The van der Waals surface area contributed by atoms with Crippen LogP contribution in [0.2, 0.25) is 0 Å². The molecule has 2 heterocycles. The molecule has 3 rings (SSSR count). The average molecular weight is 335 g/mol. The third-order valence-corrected chi connectivity index (χ3v) is 4.19. The van der Waals surface area contributed by atoms with Crippen LogP contribution in [0.15, 0.2) is 30.3 Å². The Labute approximate surface area is 137 Å². The normalized spacial score (nSPS) is 21.5. The van der Waals surface area contributed by atoms with Crippen molar-refractivity contribution >= 4 is 18.2 Å². The van der Waals surface area contributed by atoms with Crippen LogP contribution in [-0.4, -0.2) is 61.6 Å². The molecule has 8 nitrogen and oxygen atoms in total. The Morgan fingerprint density at radius 2 is 2.13 bits per heavy atom. The summed E-state index contributed by atoms with van der Waals surface area (Å²) >= 11 is 5.40. The highest BCUT2D eigenvalue weighted by Gasteiger charge is 2.37. The Balaban J connectivity index is 1.82. The van der Waals surface area contributed by atoms with E-state index in [1.54, 1.807) is 9.58 Å². The van der Waals surface area contributed by atoms with Crippen LogP contribution in [0.1, 0.15) is 6.42 Å². The fourth-order valence-corrected chi connectivity index (χ4v) is 2.92. The second-order valence-electron chi connectivity index (χ2n) is 5.35. The molecule has 0 aliphatic carbocycles. The molecule has 1 aromatic heterocycles. The van der Waals surface area contributed by atoms with Gasteiger partial charge in [0.25, 0.3) is 0 Å². The van der Waals surface area contributed by atoms with Crippen LogP contribution < -0.4 is 0 Å². The van der Waals surface area contributed by atoms with Gasteiger partial charge in [-0.25, -0.2) is 4.68 Å². The maximum Gasteiger partial charge on any atom is 0.323 e. The molecule has 2 aromatic rings. The number of β-amino-alcohol motifs (C(OH)–C–C–N with tert-alkyl or cyclic N) is 1. The number of methoxy groups -OCH3 is 1. The highest BCUT2D eigenvalue weighted by atomic mass is 32.1. The molecule has 1 aliphatic rings. The first-order valence-electron chi connectivity index (χ1n) is 7.18. The van der Waals surface area contributed by atoms with Crippen molar-refractivity contribution < 1.29 is 14.6 Å². The molecule has 122 valence electrons. The van der Waals surface area contributed by atoms with Crippen molar-refractivity contribution in [2.75, 3.05) is 13.7 Å². The largest absolute Gasteiger partial charge is 0.468 e. The Hall–Kier alpha value is -2.10. The smallest absolute Gasteiger partial charge is 0.323 e. The zero-order valence-corrected chi connectivity index (χ0v) is 13.4. The zero-order valence-electron chi connectivity index (χ0n) is 12.6. The molecule has 2 atom stereocenters. The number of carbonyl (C=O) groups excluding carboxylic acids is 1. The molecule has 9 heteroatoms. The third kappa shape index (κ3) is 3.16. The van der Waals surface area contributed by atoms with E-state index in [2.05, 4.69) is 10.4 Å². The minimum Gasteiger partial charge on any atom is -0.468 e. The SMILES string of the molecule is COC(=O)[C@@H]1C[C@H](O)CN1Cn1nnn(-c2ccccc2)c1=S. The van der Waals surface area contributed by atoms with Gasteiger partial charge in [0, 0.05) is 13.0 Å². The minimum absolute atomic E-state index is 0.266. The number of tetrazole rings is 1. The quantitative estimate of drug-likeness (QED) is 0.638. The van der Waals surface area contributed by atoms with Gasteiger partial charge in [0.05, 0.1) is 25.6 Å². The molecule has 1 fully saturated rings. The van der Waals surface area contributed by atoms with Crippen molar-refractivity contribution in [2.24, 2.45) is 0 Å². The topological polar surface area (TPSA) is 85.4 Å². The number of ether oxygens (including phenoxy) is 1. The lowest BCUT2D eigenvalue weighted by Crippen LogP contribution is -2.38. The average Bonchev–Trinajstić information content (AvgIpc) is 3.11. The van der Waals surface area contributed by atoms with Crippen LogP contribution in [0.5, 0.6) is 0 Å². The number of carbonyl (C=O) groups is 1. The number of rotatable bonds is 4. The number of nitrogens with zero attached hydrogens (tertiary/aromatic N) is 5. The van der Waals surface area contributed by atoms with Crippen molar-refractivity contribution in [2.45, 2.75) is 25.2 Å². The van der Waals surface area contributed by atoms with Crippen LogP contribution in [0.4, 0.5) is 0 Å². The molecule has 1 aliphatic heterocycles. The van der Waals surface area contributed by atoms with E-state index in [0.29, 0.717) is 17.7 Å². The number of likely N-dealkylation sites (tertiary alicyclic amines) is 1. The monoisotopic (exact) mass is 335 g/mol. The van der Waals surface area contributed by atoms with Gasteiger partial charge < -0.3 is 9.84 Å². The molecule has 0 saturated carbocycles. The Bertz CT molecular complexity index is 744. The van der Waals surface area contributed by atoms with Gasteiger partial charge in [-0.05, 0) is 34.8 Å². The van der Waals surface area contributed by atoms with E-state index in [4.69, 9.17) is 17.0 Å². The van der Waals surface area contributed by atoms with E-state index in [1.807, 2.05) is 30.3 Å². The summed E-state index contributed by atoms with van der Waals surface area (Å²) in [5, 5.41) is 17.9. The van der Waals surface area contributed by atoms with Crippen LogP contribution in [0.3, 0.4) is 0 Å². The lowest BCUT2D eigenvalue weighted by Gasteiger charge is -2.21. The van der Waals surface area contributed by atoms with Crippen LogP contribution in [-0.2, 0) is 16.2 Å². The lowest BCUT2D eigenvalue weighted by atomic mass is 10.2. The number of hydrogen-bond acceptors (Lipinski definition) is 7. The van der Waals surface area contributed by atoms with Gasteiger partial charge in [0.15, 0.2) is 0 Å². The van der Waals surface area contributed by atoms with Crippen LogP contribution >= 0.6 is 12.2 Å². The van der Waals surface area contributed by atoms with E-state index >= 15 is 0 Å². The fourth-order valence-electron chi connectivity index (χ4n) is 2.68. The standard InChI is InChI=1S/C14H17N5O3S/c1-22-13(21)12-7-11(20)8-17(12)9-18-14(23)19(16-15-18)10-5-3-2-4-6-10/h2-6,11-12,20H,7-9H2,1H3/t11-,12-/m0/s1. The maximum atomic E-state index is 11.8. The molecular formula is C14H17N5O3S. The minimum atomic E-state index is -0.572. The summed E-state index contributed by atoms with van der Waals surface area (Å²) in [6.45, 7) is 0.627. The molecule has 1 N–H and O–H groups in total. The fraction of sp³-hybridized carbons (Fsp3) is 0.429. The number of aromatic nitrogens is 4. The van der Waals surface area contributed by atoms with Crippen molar-refractivity contribution in [1.82, 2.24) is 24.7 Å². The summed E-state index contributed by atoms with van der Waals surface area (Å²) in [4.78, 5) is 13.6. The zero-order chi connectivity index (χ0) is 16.4. The lowest BCUT2D eigenvalue weighted by molar-refractivity contribution is -0.146. The predicted octanol–water partition coefficient (Wildman–Crippen LogP) is 0.364. The van der Waals surface area contributed by atoms with Gasteiger partial charge >= 0.3 is 5.97 Å². The Kier molecular flexibility index (Phi) is 4.51. The summed E-state index contributed by atoms with van der Waals surface area (Å²) in [6, 6.07) is 8.95. The highest BCUT2D eigenvalue weighted by molar-refractivity contribution is 7.71. The summed E-state index contributed by atoms with van der Waals surface area (Å²) in [5.74, 6) is -0.372. The molecule has 1 aromatic carbocycles. The van der Waals surface area contributed by atoms with Gasteiger partial charge in [-0.1, -0.05) is 18.2 Å². The molecule has 0 bridgehead atoms. The molecule has 0 radical (unpaired) electrons. The van der Waals surface area contributed by atoms with Crippen LogP contribution in [0, 0.1) is 4.77 Å². The van der Waals surface area contributed by atoms with Crippen molar-refractivity contribution in [3.05, 3.63) is 35.1 Å². The van der Waals surface area contributed by atoms with Gasteiger partial charge in [0.2, 0.25) is 4.77 Å². The number of hydrogen-bond donors (Lipinski definition) is 1. The Morgan fingerprint density at radius 3 is 2.83 bits per heavy atom. The molecule has 23 heavy (non-hydrogen) atoms.